The van der Waals surface area contributed by atoms with E-state index in [0.29, 0.717) is 5.02 Å². The highest BCUT2D eigenvalue weighted by Gasteiger charge is 2.06. The number of pyridine rings is 1. The number of hydrogen-bond donors (Lipinski definition) is 1. The number of halogens is 2. The summed E-state index contributed by atoms with van der Waals surface area (Å²) in [6.45, 7) is 1.98. The number of anilines is 1. The molecule has 0 saturated carbocycles. The number of aryl methyl sites for hydroxylation is 1. The summed E-state index contributed by atoms with van der Waals surface area (Å²) in [5.41, 5.74) is 6.69. The van der Waals surface area contributed by atoms with Gasteiger partial charge >= 0.3 is 0 Å². The van der Waals surface area contributed by atoms with E-state index in [2.05, 4.69) is 38.1 Å². The number of hydrazone groups is 1. The highest BCUT2D eigenvalue weighted by atomic mass is 127. The van der Waals surface area contributed by atoms with Crippen molar-refractivity contribution in [1.82, 2.24) is 9.38 Å². The second-order valence-electron chi connectivity index (χ2n) is 4.53. The molecule has 0 atom stereocenters. The maximum Gasteiger partial charge on any atom is 0.137 e. The van der Waals surface area contributed by atoms with Gasteiger partial charge in [0.25, 0.3) is 0 Å². The molecule has 0 saturated heterocycles. The quantitative estimate of drug-likeness (QED) is 0.396. The number of benzene rings is 1. The molecule has 106 valence electrons. The maximum atomic E-state index is 5.85. The van der Waals surface area contributed by atoms with Crippen LogP contribution in [-0.2, 0) is 0 Å². The van der Waals surface area contributed by atoms with Gasteiger partial charge in [-0.05, 0) is 65.9 Å². The molecule has 2 aromatic heterocycles. The normalized spacial score (nSPS) is 11.4. The van der Waals surface area contributed by atoms with Gasteiger partial charge in [0.2, 0.25) is 0 Å². The van der Waals surface area contributed by atoms with Crippen LogP contribution in [0.2, 0.25) is 5.02 Å². The van der Waals surface area contributed by atoms with Crippen LogP contribution in [0.25, 0.3) is 5.65 Å². The summed E-state index contributed by atoms with van der Waals surface area (Å²) in [6.07, 6.45) is 3.82. The molecule has 21 heavy (non-hydrogen) atoms. The van der Waals surface area contributed by atoms with E-state index in [1.807, 2.05) is 53.9 Å². The highest BCUT2D eigenvalue weighted by Crippen LogP contribution is 2.15. The van der Waals surface area contributed by atoms with E-state index in [4.69, 9.17) is 11.6 Å². The second-order valence-corrected chi connectivity index (χ2v) is 6.22. The Morgan fingerprint density at radius 1 is 1.24 bits per heavy atom. The predicted molar refractivity (Wildman–Crippen MR) is 95.3 cm³/mol. The third kappa shape index (κ3) is 3.19. The summed E-state index contributed by atoms with van der Waals surface area (Å²) in [5.74, 6) is 0. The molecule has 3 aromatic rings. The van der Waals surface area contributed by atoms with Gasteiger partial charge < -0.3 is 0 Å². The lowest BCUT2D eigenvalue weighted by molar-refractivity contribution is 1.15. The summed E-state index contributed by atoms with van der Waals surface area (Å²) >= 11 is 8.13. The van der Waals surface area contributed by atoms with Gasteiger partial charge in [0.1, 0.15) is 5.65 Å². The van der Waals surface area contributed by atoms with Gasteiger partial charge in [0.15, 0.2) is 0 Å². The fourth-order valence-corrected chi connectivity index (χ4v) is 2.59. The SMILES string of the molecule is Cc1nc2ccc(I)cn2c1/C=N/Nc1ccc(Cl)cc1. The van der Waals surface area contributed by atoms with Gasteiger partial charge in [0, 0.05) is 14.8 Å². The standard InChI is InChI=1S/C15H12ClIN4/c1-10-14(21-9-12(17)4-7-15(21)19-10)8-18-20-13-5-2-11(16)3-6-13/h2-9,20H,1H3/b18-8+. The predicted octanol–water partition coefficient (Wildman–Crippen LogP) is 4.35. The number of rotatable bonds is 3. The Bertz CT molecular complexity index is 808. The van der Waals surface area contributed by atoms with E-state index in [1.165, 1.54) is 0 Å². The average molecular weight is 411 g/mol. The molecule has 0 aliphatic rings. The Morgan fingerprint density at radius 2 is 2.00 bits per heavy atom. The van der Waals surface area contributed by atoms with E-state index in [1.54, 1.807) is 6.21 Å². The van der Waals surface area contributed by atoms with E-state index in [-0.39, 0.29) is 0 Å². The number of nitrogens with zero attached hydrogens (tertiary/aromatic N) is 3. The fraction of sp³-hybridized carbons (Fsp3) is 0.0667. The highest BCUT2D eigenvalue weighted by molar-refractivity contribution is 14.1. The fourth-order valence-electron chi connectivity index (χ4n) is 2.00. The lowest BCUT2D eigenvalue weighted by Gasteiger charge is -2.01. The first-order valence-corrected chi connectivity index (χ1v) is 7.78. The molecule has 0 fully saturated rings. The first kappa shape index (κ1) is 14.3. The van der Waals surface area contributed by atoms with Crippen molar-refractivity contribution in [2.24, 2.45) is 5.10 Å². The number of nitrogens with one attached hydrogen (secondary N) is 1. The summed E-state index contributed by atoms with van der Waals surface area (Å²) in [5, 5.41) is 4.98. The first-order chi connectivity index (χ1) is 10.1. The molecule has 0 spiro atoms. The van der Waals surface area contributed by atoms with Gasteiger partial charge in [0.05, 0.1) is 23.3 Å². The van der Waals surface area contributed by atoms with Crippen molar-refractivity contribution in [2.45, 2.75) is 6.92 Å². The molecule has 1 aromatic carbocycles. The van der Waals surface area contributed by atoms with Gasteiger partial charge in [-0.3, -0.25) is 9.83 Å². The van der Waals surface area contributed by atoms with Crippen molar-refractivity contribution in [3.63, 3.8) is 0 Å². The minimum absolute atomic E-state index is 0.705. The van der Waals surface area contributed by atoms with Crippen molar-refractivity contribution in [2.75, 3.05) is 5.43 Å². The Labute approximate surface area is 141 Å². The van der Waals surface area contributed by atoms with Crippen molar-refractivity contribution in [3.05, 3.63) is 62.6 Å². The van der Waals surface area contributed by atoms with Crippen LogP contribution in [0.5, 0.6) is 0 Å². The molecular formula is C15H12ClIN4. The Morgan fingerprint density at radius 3 is 2.76 bits per heavy atom. The smallest absolute Gasteiger partial charge is 0.137 e. The third-order valence-electron chi connectivity index (χ3n) is 3.03. The van der Waals surface area contributed by atoms with E-state index < -0.39 is 0 Å². The van der Waals surface area contributed by atoms with Crippen molar-refractivity contribution in [3.8, 4) is 0 Å². The zero-order valence-corrected chi connectivity index (χ0v) is 14.1. The van der Waals surface area contributed by atoms with Crippen LogP contribution in [0.3, 0.4) is 0 Å². The van der Waals surface area contributed by atoms with Gasteiger partial charge in [-0.2, -0.15) is 5.10 Å². The summed E-state index contributed by atoms with van der Waals surface area (Å²) in [6, 6.07) is 11.4. The Hall–Kier alpha value is -1.60. The number of fused-ring (bicyclic) bond motifs is 1. The molecule has 4 nitrogen and oxygen atoms in total. The summed E-state index contributed by atoms with van der Waals surface area (Å²) in [7, 11) is 0. The van der Waals surface area contributed by atoms with Crippen LogP contribution in [0, 0.1) is 10.5 Å². The lowest BCUT2D eigenvalue weighted by Crippen LogP contribution is -1.96. The minimum atomic E-state index is 0.705. The van der Waals surface area contributed by atoms with Crippen LogP contribution in [0.4, 0.5) is 5.69 Å². The van der Waals surface area contributed by atoms with Gasteiger partial charge in [-0.1, -0.05) is 11.6 Å². The first-order valence-electron chi connectivity index (χ1n) is 6.32. The van der Waals surface area contributed by atoms with Crippen molar-refractivity contribution in [1.29, 1.82) is 0 Å². The molecule has 1 N–H and O–H groups in total. The maximum absolute atomic E-state index is 5.85. The third-order valence-corrected chi connectivity index (χ3v) is 3.92. The zero-order chi connectivity index (χ0) is 14.8. The minimum Gasteiger partial charge on any atom is -0.297 e. The lowest BCUT2D eigenvalue weighted by atomic mass is 10.3. The van der Waals surface area contributed by atoms with Crippen LogP contribution in [0.1, 0.15) is 11.4 Å². The Balaban J connectivity index is 1.87. The van der Waals surface area contributed by atoms with Crippen molar-refractivity contribution < 1.29 is 0 Å². The van der Waals surface area contributed by atoms with E-state index in [9.17, 15) is 0 Å². The van der Waals surface area contributed by atoms with Gasteiger partial charge in [-0.15, -0.1) is 0 Å². The summed E-state index contributed by atoms with van der Waals surface area (Å²) < 4.78 is 3.18. The second kappa shape index (κ2) is 6.03. The molecule has 0 amide bonds. The molecule has 6 heteroatoms. The van der Waals surface area contributed by atoms with E-state index in [0.717, 1.165) is 26.3 Å². The monoisotopic (exact) mass is 410 g/mol. The van der Waals surface area contributed by atoms with Crippen molar-refractivity contribution >= 4 is 51.7 Å². The molecule has 0 unspecified atom stereocenters. The number of imidazole rings is 1. The molecule has 3 rings (SSSR count). The average Bonchev–Trinajstić information content (AvgIpc) is 2.77. The van der Waals surface area contributed by atoms with Crippen LogP contribution >= 0.6 is 34.2 Å². The van der Waals surface area contributed by atoms with E-state index >= 15 is 0 Å². The van der Waals surface area contributed by atoms with Crippen LogP contribution in [-0.4, -0.2) is 15.6 Å². The molecule has 0 aliphatic heterocycles. The zero-order valence-electron chi connectivity index (χ0n) is 11.2. The number of aromatic nitrogens is 2. The molecular weight excluding hydrogens is 399 g/mol. The molecule has 0 bridgehead atoms. The summed E-state index contributed by atoms with van der Waals surface area (Å²) in [4.78, 5) is 4.51. The largest absolute Gasteiger partial charge is 0.297 e. The van der Waals surface area contributed by atoms with Gasteiger partial charge in [-0.25, -0.2) is 4.98 Å². The topological polar surface area (TPSA) is 41.7 Å². The number of hydrogen-bond acceptors (Lipinski definition) is 3. The van der Waals surface area contributed by atoms with Crippen LogP contribution < -0.4 is 5.43 Å². The molecule has 0 radical (unpaired) electrons. The molecule has 0 aliphatic carbocycles. The molecule has 2 heterocycles. The Kier molecular flexibility index (Phi) is 4.12. The van der Waals surface area contributed by atoms with Crippen LogP contribution in [0.15, 0.2) is 47.7 Å².